The quantitative estimate of drug-likeness (QED) is 0.867. The van der Waals surface area contributed by atoms with Crippen LogP contribution in [0.3, 0.4) is 0 Å². The van der Waals surface area contributed by atoms with E-state index in [1.807, 2.05) is 6.92 Å². The van der Waals surface area contributed by atoms with E-state index in [0.29, 0.717) is 12.2 Å². The molecule has 0 saturated carbocycles. The topological polar surface area (TPSA) is 49.4 Å². The summed E-state index contributed by atoms with van der Waals surface area (Å²) in [5.41, 5.74) is 0.383. The van der Waals surface area contributed by atoms with Gasteiger partial charge in [0.2, 0.25) is 11.8 Å². The summed E-state index contributed by atoms with van der Waals surface area (Å²) in [5, 5.41) is 2.68. The molecule has 5 heteroatoms. The molecule has 4 nitrogen and oxygen atoms in total. The van der Waals surface area contributed by atoms with Crippen molar-refractivity contribution in [2.75, 3.05) is 18.0 Å². The van der Waals surface area contributed by atoms with Crippen molar-refractivity contribution in [3.8, 4) is 0 Å². The molecule has 0 spiro atoms. The number of nitrogens with zero attached hydrogens (tertiary/aromatic N) is 1. The minimum Gasteiger partial charge on any atom is -0.355 e. The third kappa shape index (κ3) is 4.16. The summed E-state index contributed by atoms with van der Waals surface area (Å²) in [5.74, 6) is -0.990. The zero-order chi connectivity index (χ0) is 13.5. The van der Waals surface area contributed by atoms with Gasteiger partial charge in [0.15, 0.2) is 0 Å². The summed E-state index contributed by atoms with van der Waals surface area (Å²) in [6.07, 6.45) is 0.825. The number of amides is 2. The third-order valence-corrected chi connectivity index (χ3v) is 2.37. The van der Waals surface area contributed by atoms with E-state index in [2.05, 4.69) is 5.32 Å². The highest BCUT2D eigenvalue weighted by molar-refractivity contribution is 5.97. The molecule has 0 unspecified atom stereocenters. The summed E-state index contributed by atoms with van der Waals surface area (Å²) >= 11 is 0. The molecule has 0 aliphatic rings. The first-order valence-corrected chi connectivity index (χ1v) is 5.85. The number of benzene rings is 1. The van der Waals surface area contributed by atoms with E-state index in [1.165, 1.54) is 30.0 Å². The third-order valence-electron chi connectivity index (χ3n) is 2.37. The Morgan fingerprint density at radius 3 is 2.67 bits per heavy atom. The van der Waals surface area contributed by atoms with Crippen LogP contribution in [0.25, 0.3) is 0 Å². The lowest BCUT2D eigenvalue weighted by molar-refractivity contribution is -0.123. The monoisotopic (exact) mass is 252 g/mol. The fourth-order valence-electron chi connectivity index (χ4n) is 1.49. The molecule has 18 heavy (non-hydrogen) atoms. The van der Waals surface area contributed by atoms with Crippen LogP contribution in [0.5, 0.6) is 0 Å². The molecule has 0 bridgehead atoms. The predicted molar refractivity (Wildman–Crippen MR) is 67.7 cm³/mol. The Hall–Kier alpha value is -1.91. The van der Waals surface area contributed by atoms with E-state index < -0.39 is 5.82 Å². The van der Waals surface area contributed by atoms with Gasteiger partial charge in [0, 0.05) is 19.2 Å². The largest absolute Gasteiger partial charge is 0.355 e. The van der Waals surface area contributed by atoms with Crippen molar-refractivity contribution < 1.29 is 14.0 Å². The Morgan fingerprint density at radius 2 is 2.11 bits per heavy atom. The highest BCUT2D eigenvalue weighted by Crippen LogP contribution is 2.15. The standard InChI is InChI=1S/C13H17FN2O2/c1-3-7-15-13(18)9-16(10(2)17)12-6-4-5-11(14)8-12/h4-6,8H,3,7,9H2,1-2H3,(H,15,18). The molecule has 0 aromatic heterocycles. The highest BCUT2D eigenvalue weighted by Gasteiger charge is 2.15. The van der Waals surface area contributed by atoms with Gasteiger partial charge in [-0.3, -0.25) is 9.59 Å². The van der Waals surface area contributed by atoms with Crippen LogP contribution in [0.1, 0.15) is 20.3 Å². The van der Waals surface area contributed by atoms with Gasteiger partial charge in [-0.05, 0) is 24.6 Å². The lowest BCUT2D eigenvalue weighted by atomic mass is 10.2. The maximum Gasteiger partial charge on any atom is 0.240 e. The van der Waals surface area contributed by atoms with Crippen LogP contribution in [0.15, 0.2) is 24.3 Å². The smallest absolute Gasteiger partial charge is 0.240 e. The average Bonchev–Trinajstić information content (AvgIpc) is 2.33. The maximum absolute atomic E-state index is 13.1. The molecule has 1 aromatic rings. The number of anilines is 1. The van der Waals surface area contributed by atoms with E-state index >= 15 is 0 Å². The number of hydrogen-bond acceptors (Lipinski definition) is 2. The Bertz CT molecular complexity index is 435. The Labute approximate surface area is 106 Å². The van der Waals surface area contributed by atoms with Crippen LogP contribution in [-0.4, -0.2) is 24.9 Å². The maximum atomic E-state index is 13.1. The van der Waals surface area contributed by atoms with Gasteiger partial charge in [0.1, 0.15) is 12.4 Å². The fraction of sp³-hybridized carbons (Fsp3) is 0.385. The number of hydrogen-bond donors (Lipinski definition) is 1. The molecule has 0 atom stereocenters. The first kappa shape index (κ1) is 14.2. The van der Waals surface area contributed by atoms with Gasteiger partial charge in [-0.25, -0.2) is 4.39 Å². The molecule has 1 N–H and O–H groups in total. The second-order valence-electron chi connectivity index (χ2n) is 3.93. The SMILES string of the molecule is CCCNC(=O)CN(C(C)=O)c1cccc(F)c1. The number of carbonyl (C=O) groups excluding carboxylic acids is 2. The summed E-state index contributed by atoms with van der Waals surface area (Å²) < 4.78 is 13.1. The van der Waals surface area contributed by atoms with Crippen molar-refractivity contribution in [3.63, 3.8) is 0 Å². The van der Waals surface area contributed by atoms with E-state index in [0.717, 1.165) is 6.42 Å². The zero-order valence-electron chi connectivity index (χ0n) is 10.6. The van der Waals surface area contributed by atoms with Gasteiger partial charge in [0.25, 0.3) is 0 Å². The molecule has 0 fully saturated rings. The molecular formula is C13H17FN2O2. The van der Waals surface area contributed by atoms with Gasteiger partial charge in [-0.1, -0.05) is 13.0 Å². The molecule has 0 radical (unpaired) electrons. The first-order chi connectivity index (χ1) is 8.54. The van der Waals surface area contributed by atoms with Gasteiger partial charge >= 0.3 is 0 Å². The predicted octanol–water partition coefficient (Wildman–Crippen LogP) is 1.70. The summed E-state index contributed by atoms with van der Waals surface area (Å²) in [7, 11) is 0. The lowest BCUT2D eigenvalue weighted by Crippen LogP contribution is -2.40. The van der Waals surface area contributed by atoms with Crippen LogP contribution < -0.4 is 10.2 Å². The van der Waals surface area contributed by atoms with E-state index in [9.17, 15) is 14.0 Å². The molecular weight excluding hydrogens is 235 g/mol. The lowest BCUT2D eigenvalue weighted by Gasteiger charge is -2.20. The van der Waals surface area contributed by atoms with Crippen LogP contribution in [-0.2, 0) is 9.59 Å². The van der Waals surface area contributed by atoms with Crippen molar-refractivity contribution in [2.24, 2.45) is 0 Å². The Balaban J connectivity index is 2.77. The average molecular weight is 252 g/mol. The molecule has 98 valence electrons. The summed E-state index contributed by atoms with van der Waals surface area (Å²) in [4.78, 5) is 24.3. The van der Waals surface area contributed by atoms with Crippen molar-refractivity contribution in [3.05, 3.63) is 30.1 Å². The van der Waals surface area contributed by atoms with E-state index in [1.54, 1.807) is 6.07 Å². The number of carbonyl (C=O) groups is 2. The minimum absolute atomic E-state index is 0.0984. The minimum atomic E-state index is -0.437. The number of halogens is 1. The Kier molecular flexibility index (Phi) is 5.30. The molecule has 1 rings (SSSR count). The highest BCUT2D eigenvalue weighted by atomic mass is 19.1. The molecule has 2 amide bonds. The van der Waals surface area contributed by atoms with Crippen LogP contribution in [0.4, 0.5) is 10.1 Å². The first-order valence-electron chi connectivity index (χ1n) is 5.85. The van der Waals surface area contributed by atoms with Crippen LogP contribution in [0.2, 0.25) is 0 Å². The molecule has 0 saturated heterocycles. The molecule has 0 heterocycles. The van der Waals surface area contributed by atoms with Gasteiger partial charge in [-0.2, -0.15) is 0 Å². The van der Waals surface area contributed by atoms with Crippen LogP contribution >= 0.6 is 0 Å². The van der Waals surface area contributed by atoms with Crippen molar-refractivity contribution in [1.29, 1.82) is 0 Å². The fourth-order valence-corrected chi connectivity index (χ4v) is 1.49. The summed E-state index contributed by atoms with van der Waals surface area (Å²) in [6, 6.07) is 5.62. The van der Waals surface area contributed by atoms with Crippen molar-refractivity contribution in [1.82, 2.24) is 5.32 Å². The summed E-state index contributed by atoms with van der Waals surface area (Å²) in [6.45, 7) is 3.75. The molecule has 1 aromatic carbocycles. The van der Waals surface area contributed by atoms with Crippen molar-refractivity contribution >= 4 is 17.5 Å². The molecule has 0 aliphatic heterocycles. The normalized spacial score (nSPS) is 9.94. The van der Waals surface area contributed by atoms with E-state index in [4.69, 9.17) is 0 Å². The van der Waals surface area contributed by atoms with E-state index in [-0.39, 0.29) is 18.4 Å². The second kappa shape index (κ2) is 6.74. The Morgan fingerprint density at radius 1 is 1.39 bits per heavy atom. The van der Waals surface area contributed by atoms with Gasteiger partial charge in [0.05, 0.1) is 0 Å². The zero-order valence-corrected chi connectivity index (χ0v) is 10.6. The van der Waals surface area contributed by atoms with Crippen LogP contribution in [0, 0.1) is 5.82 Å². The number of nitrogens with one attached hydrogen (secondary N) is 1. The van der Waals surface area contributed by atoms with Crippen molar-refractivity contribution in [2.45, 2.75) is 20.3 Å². The molecule has 0 aliphatic carbocycles. The second-order valence-corrected chi connectivity index (χ2v) is 3.93. The van der Waals surface area contributed by atoms with Gasteiger partial charge < -0.3 is 10.2 Å². The van der Waals surface area contributed by atoms with Gasteiger partial charge in [-0.15, -0.1) is 0 Å². The number of rotatable bonds is 5.